The maximum absolute atomic E-state index is 9.71. The van der Waals surface area contributed by atoms with Crippen LogP contribution in [-0.4, -0.2) is 48.6 Å². The maximum Gasteiger partial charge on any atom is 2.00 e. The molecule has 0 amide bonds. The van der Waals surface area contributed by atoms with Crippen LogP contribution >= 0.6 is 0 Å². The first-order valence-corrected chi connectivity index (χ1v) is 7.56. The van der Waals surface area contributed by atoms with E-state index in [0.29, 0.717) is 26.4 Å². The Morgan fingerprint density at radius 2 is 1.04 bits per heavy atom. The van der Waals surface area contributed by atoms with Gasteiger partial charge in [0.05, 0.1) is 13.2 Å². The third-order valence-electron chi connectivity index (χ3n) is 1.63. The van der Waals surface area contributed by atoms with Gasteiger partial charge in [0.15, 0.2) is 11.9 Å². The molecule has 0 saturated carbocycles. The molecule has 0 radical (unpaired) electrons. The van der Waals surface area contributed by atoms with Gasteiger partial charge in [-0.1, -0.05) is 26.7 Å². The SMILES string of the molecule is CCCCO.CCCCO.[CH2-]C(=O)OCC.[CH2-]C(=O)OCC.[Zr+2]. The Balaban J connectivity index is -0.0000000620. The summed E-state index contributed by atoms with van der Waals surface area (Å²) < 4.78 is 8.58. The second-order valence-corrected chi connectivity index (χ2v) is 3.76. The van der Waals surface area contributed by atoms with Crippen LogP contribution in [0.4, 0.5) is 0 Å². The Morgan fingerprint density at radius 3 is 1.04 bits per heavy atom. The van der Waals surface area contributed by atoms with E-state index in [9.17, 15) is 9.59 Å². The van der Waals surface area contributed by atoms with Gasteiger partial charge in [0.25, 0.3) is 0 Å². The first-order chi connectivity index (χ1) is 10.4. The summed E-state index contributed by atoms with van der Waals surface area (Å²) in [5.41, 5.74) is 0. The Bertz CT molecular complexity index is 187. The number of aliphatic hydroxyl groups is 2. The Kier molecular flexibility index (Phi) is 55.5. The summed E-state index contributed by atoms with van der Waals surface area (Å²) in [6, 6.07) is 0. The molecule has 0 saturated heterocycles. The van der Waals surface area contributed by atoms with Gasteiger partial charge >= 0.3 is 26.2 Å². The van der Waals surface area contributed by atoms with E-state index in [1.807, 2.05) is 0 Å². The molecule has 0 heterocycles. The van der Waals surface area contributed by atoms with E-state index in [1.54, 1.807) is 13.8 Å². The van der Waals surface area contributed by atoms with Crippen molar-refractivity contribution >= 4 is 11.9 Å². The zero-order valence-corrected chi connectivity index (χ0v) is 17.6. The van der Waals surface area contributed by atoms with Gasteiger partial charge in [-0.05, 0) is 26.7 Å². The molecular weight excluding hydrogens is 379 g/mol. The first-order valence-electron chi connectivity index (χ1n) is 7.56. The van der Waals surface area contributed by atoms with E-state index in [0.717, 1.165) is 25.7 Å². The molecule has 0 spiro atoms. The number of unbranched alkanes of at least 4 members (excludes halogenated alkanes) is 2. The van der Waals surface area contributed by atoms with Gasteiger partial charge in [-0.3, -0.25) is 23.4 Å². The number of rotatable bonds is 6. The zero-order valence-electron chi connectivity index (χ0n) is 15.1. The van der Waals surface area contributed by atoms with Crippen LogP contribution in [0, 0.1) is 13.8 Å². The summed E-state index contributed by atoms with van der Waals surface area (Å²) in [6.07, 6.45) is 4.08. The molecule has 6 nitrogen and oxygen atoms in total. The van der Waals surface area contributed by atoms with Crippen molar-refractivity contribution in [2.45, 2.75) is 53.4 Å². The summed E-state index contributed by atoms with van der Waals surface area (Å²) in [7, 11) is 0. The van der Waals surface area contributed by atoms with Crippen molar-refractivity contribution < 1.29 is 55.5 Å². The minimum absolute atomic E-state index is 0. The number of hydrogen-bond acceptors (Lipinski definition) is 6. The van der Waals surface area contributed by atoms with Crippen LogP contribution in [0.2, 0.25) is 0 Å². The number of carbonyl (C=O) groups is 2. The van der Waals surface area contributed by atoms with Gasteiger partial charge in [-0.2, -0.15) is 0 Å². The number of aliphatic hydroxyl groups excluding tert-OH is 2. The molecule has 0 bridgehead atoms. The van der Waals surface area contributed by atoms with E-state index in [2.05, 4.69) is 37.2 Å². The average molecular weight is 414 g/mol. The Morgan fingerprint density at radius 1 is 0.783 bits per heavy atom. The molecule has 0 aromatic heterocycles. The van der Waals surface area contributed by atoms with Crippen LogP contribution in [-0.2, 0) is 45.3 Å². The minimum Gasteiger partial charge on any atom is -0.489 e. The molecule has 0 aliphatic carbocycles. The number of carbonyl (C=O) groups excluding carboxylic acids is 2. The van der Waals surface area contributed by atoms with E-state index in [-0.39, 0.29) is 26.2 Å². The quantitative estimate of drug-likeness (QED) is 0.513. The van der Waals surface area contributed by atoms with Crippen LogP contribution < -0.4 is 0 Å². The molecule has 138 valence electrons. The topological polar surface area (TPSA) is 93.1 Å². The summed E-state index contributed by atoms with van der Waals surface area (Å²) >= 11 is 0. The van der Waals surface area contributed by atoms with Crippen LogP contribution in [0.1, 0.15) is 53.4 Å². The van der Waals surface area contributed by atoms with Crippen molar-refractivity contribution in [2.75, 3.05) is 26.4 Å². The number of ether oxygens (including phenoxy) is 2. The van der Waals surface area contributed by atoms with Crippen LogP contribution in [0.15, 0.2) is 0 Å². The molecule has 0 aliphatic rings. The van der Waals surface area contributed by atoms with Crippen molar-refractivity contribution in [3.05, 3.63) is 13.8 Å². The van der Waals surface area contributed by atoms with Crippen LogP contribution in [0.3, 0.4) is 0 Å². The van der Waals surface area contributed by atoms with Gasteiger partial charge in [0, 0.05) is 13.2 Å². The normalized spacial score (nSPS) is 7.57. The van der Waals surface area contributed by atoms with Crippen molar-refractivity contribution in [3.63, 3.8) is 0 Å². The smallest absolute Gasteiger partial charge is 0.489 e. The predicted molar refractivity (Wildman–Crippen MR) is 88.0 cm³/mol. The largest absolute Gasteiger partial charge is 2.00 e. The van der Waals surface area contributed by atoms with E-state index >= 15 is 0 Å². The van der Waals surface area contributed by atoms with E-state index in [4.69, 9.17) is 10.2 Å². The number of esters is 2. The van der Waals surface area contributed by atoms with Crippen molar-refractivity contribution in [1.29, 1.82) is 0 Å². The van der Waals surface area contributed by atoms with Crippen LogP contribution in [0.25, 0.3) is 0 Å². The fraction of sp³-hybridized carbons (Fsp3) is 0.750. The summed E-state index contributed by atoms with van der Waals surface area (Å²) in [5, 5.41) is 16.1. The molecular formula is C16H34O6Zr. The van der Waals surface area contributed by atoms with Crippen molar-refractivity contribution in [2.24, 2.45) is 0 Å². The van der Waals surface area contributed by atoms with Gasteiger partial charge in [-0.15, -0.1) is 0 Å². The molecule has 0 aromatic rings. The van der Waals surface area contributed by atoms with Crippen molar-refractivity contribution in [1.82, 2.24) is 0 Å². The molecule has 2 N–H and O–H groups in total. The third kappa shape index (κ3) is 90.7. The molecule has 0 aliphatic heterocycles. The average Bonchev–Trinajstić information content (AvgIpc) is 2.42. The van der Waals surface area contributed by atoms with Crippen molar-refractivity contribution in [3.8, 4) is 0 Å². The number of hydrogen-bond donors (Lipinski definition) is 2. The molecule has 0 rings (SSSR count). The van der Waals surface area contributed by atoms with E-state index < -0.39 is 11.9 Å². The van der Waals surface area contributed by atoms with Gasteiger partial charge < -0.3 is 19.7 Å². The van der Waals surface area contributed by atoms with E-state index in [1.165, 1.54) is 0 Å². The zero-order chi connectivity index (χ0) is 18.2. The fourth-order valence-electron chi connectivity index (χ4n) is 0.638. The van der Waals surface area contributed by atoms with Gasteiger partial charge in [-0.25, -0.2) is 0 Å². The van der Waals surface area contributed by atoms with Crippen LogP contribution in [0.5, 0.6) is 0 Å². The molecule has 0 aromatic carbocycles. The Hall–Kier alpha value is -0.517. The summed E-state index contributed by atoms with van der Waals surface area (Å²) in [4.78, 5) is 19.4. The second kappa shape index (κ2) is 37.6. The third-order valence-corrected chi connectivity index (χ3v) is 1.63. The standard InChI is InChI=1S/2C4H7O2.2C4H10O.Zr/c2*1-3-6-4(2)5;2*1-2-3-4-5;/h2*2-3H2,1H3;2*5H,2-4H2,1H3;/q2*-1;;;+2. The Labute approximate surface area is 161 Å². The second-order valence-electron chi connectivity index (χ2n) is 3.76. The summed E-state index contributed by atoms with van der Waals surface area (Å²) in [6.45, 7) is 15.0. The minimum atomic E-state index is -0.461. The first kappa shape index (κ1) is 33.9. The fourth-order valence-corrected chi connectivity index (χ4v) is 0.638. The van der Waals surface area contributed by atoms with Gasteiger partial charge in [0.2, 0.25) is 0 Å². The maximum atomic E-state index is 9.71. The molecule has 7 heteroatoms. The summed E-state index contributed by atoms with van der Waals surface area (Å²) in [5.74, 6) is -0.921. The molecule has 0 fully saturated rings. The van der Waals surface area contributed by atoms with Gasteiger partial charge in [0.1, 0.15) is 0 Å². The predicted octanol–water partition coefficient (Wildman–Crippen LogP) is 2.32. The molecule has 0 atom stereocenters. The molecule has 23 heavy (non-hydrogen) atoms. The monoisotopic (exact) mass is 412 g/mol. The molecule has 0 unspecified atom stereocenters.